The summed E-state index contributed by atoms with van der Waals surface area (Å²) in [6.45, 7) is 0.441. The summed E-state index contributed by atoms with van der Waals surface area (Å²) in [4.78, 5) is 16.2. The molecule has 1 amide bonds. The number of H-pyrrole nitrogens is 1. The van der Waals surface area contributed by atoms with E-state index in [2.05, 4.69) is 21.5 Å². The third kappa shape index (κ3) is 4.01. The van der Waals surface area contributed by atoms with Crippen LogP contribution in [-0.4, -0.2) is 27.2 Å². The number of carbonyl (C=O) groups is 1. The van der Waals surface area contributed by atoms with E-state index in [0.29, 0.717) is 41.9 Å². The molecule has 0 radical (unpaired) electrons. The van der Waals surface area contributed by atoms with Gasteiger partial charge in [-0.3, -0.25) is 4.79 Å². The summed E-state index contributed by atoms with van der Waals surface area (Å²) in [5.41, 5.74) is 11.9. The van der Waals surface area contributed by atoms with Crippen molar-refractivity contribution in [3.05, 3.63) is 76.4 Å². The second kappa shape index (κ2) is 9.02. The van der Waals surface area contributed by atoms with Gasteiger partial charge in [0.2, 0.25) is 0 Å². The van der Waals surface area contributed by atoms with Gasteiger partial charge >= 0.3 is 0 Å². The number of halogens is 1. The number of amides is 1. The monoisotopic (exact) mass is 456 g/mol. The number of nitrogens with one attached hydrogen (secondary N) is 2. The Hall–Kier alpha value is -4.12. The number of nitrogen functional groups attached to an aromatic ring is 1. The Balaban J connectivity index is 1.24. The van der Waals surface area contributed by atoms with Crippen LogP contribution >= 0.6 is 0 Å². The molecule has 1 aliphatic carbocycles. The number of carbonyl (C=O) groups excluding carboxylic acids is 1. The highest BCUT2D eigenvalue weighted by Gasteiger charge is 2.18. The first-order valence-electron chi connectivity index (χ1n) is 11.5. The second-order valence-electron chi connectivity index (χ2n) is 8.62. The zero-order chi connectivity index (χ0) is 23.7. The predicted molar refractivity (Wildman–Crippen MR) is 128 cm³/mol. The number of nitrogens with two attached hydrogens (primary N) is 1. The molecule has 5 rings (SSSR count). The molecule has 0 aliphatic heterocycles. The van der Waals surface area contributed by atoms with Crippen LogP contribution in [-0.2, 0) is 19.3 Å². The summed E-state index contributed by atoms with van der Waals surface area (Å²) < 4.78 is 14.7. The summed E-state index contributed by atoms with van der Waals surface area (Å²) >= 11 is 0. The van der Waals surface area contributed by atoms with Crippen molar-refractivity contribution in [3.63, 3.8) is 0 Å². The molecule has 0 spiro atoms. The Bertz CT molecular complexity index is 1410. The summed E-state index contributed by atoms with van der Waals surface area (Å²) in [5, 5.41) is 18.1. The van der Waals surface area contributed by atoms with Gasteiger partial charge in [0, 0.05) is 28.7 Å². The van der Waals surface area contributed by atoms with Gasteiger partial charge in [-0.05, 0) is 86.6 Å². The van der Waals surface area contributed by atoms with Crippen molar-refractivity contribution in [2.75, 3.05) is 12.3 Å². The number of aromatic amines is 1. The zero-order valence-corrected chi connectivity index (χ0v) is 18.7. The average molecular weight is 457 g/mol. The lowest BCUT2D eigenvalue weighted by molar-refractivity contribution is 0.0953. The van der Waals surface area contributed by atoms with E-state index in [0.717, 1.165) is 23.7 Å². The molecule has 0 saturated carbocycles. The summed E-state index contributed by atoms with van der Waals surface area (Å²) in [6.07, 6.45) is 5.58. The first-order valence-corrected chi connectivity index (χ1v) is 11.5. The summed E-state index contributed by atoms with van der Waals surface area (Å²) in [6, 6.07) is 13.7. The van der Waals surface area contributed by atoms with Crippen LogP contribution in [0.1, 0.15) is 52.1 Å². The largest absolute Gasteiger partial charge is 0.382 e. The van der Waals surface area contributed by atoms with Gasteiger partial charge in [-0.25, -0.2) is 9.07 Å². The van der Waals surface area contributed by atoms with Crippen LogP contribution in [0.2, 0.25) is 0 Å². The van der Waals surface area contributed by atoms with E-state index in [1.165, 1.54) is 40.9 Å². The molecule has 0 unspecified atom stereocenters. The van der Waals surface area contributed by atoms with Gasteiger partial charge in [0.1, 0.15) is 23.3 Å². The molecule has 2 aromatic carbocycles. The quantitative estimate of drug-likeness (QED) is 0.378. The number of rotatable bonds is 6. The van der Waals surface area contributed by atoms with Crippen LogP contribution < -0.4 is 11.1 Å². The highest BCUT2D eigenvalue weighted by atomic mass is 19.1. The van der Waals surface area contributed by atoms with Gasteiger partial charge < -0.3 is 16.0 Å². The van der Waals surface area contributed by atoms with Crippen molar-refractivity contribution >= 4 is 22.6 Å². The van der Waals surface area contributed by atoms with Crippen LogP contribution in [0, 0.1) is 17.1 Å². The minimum Gasteiger partial charge on any atom is -0.382 e. The lowest BCUT2D eigenvalue weighted by Crippen LogP contribution is -2.24. The molecule has 0 saturated heterocycles. The lowest BCUT2D eigenvalue weighted by atomic mass is 9.95. The van der Waals surface area contributed by atoms with Crippen LogP contribution in [0.15, 0.2) is 42.5 Å². The van der Waals surface area contributed by atoms with Crippen LogP contribution in [0.5, 0.6) is 0 Å². The number of aryl methyl sites for hydroxylation is 3. The number of hydrogen-bond donors (Lipinski definition) is 3. The van der Waals surface area contributed by atoms with Gasteiger partial charge in [0.05, 0.1) is 11.4 Å². The highest BCUT2D eigenvalue weighted by Crippen LogP contribution is 2.29. The average Bonchev–Trinajstić information content (AvgIpc) is 3.38. The SMILES string of the molecule is N#Cc1c(CCCNC(=O)c2ccc3[nH]c4c(c3c2)CCCC4)nn(-c2ccc(F)cc2)c1N. The standard InChI is InChI=1S/C26H25FN6O/c27-17-8-10-18(11-9-17)33-25(29)21(15-28)24(32-33)6-3-13-30-26(34)16-7-12-23-20(14-16)19-4-1-2-5-22(19)31-23/h7-12,14,31H,1-6,13,29H2,(H,30,34). The number of hydrogen-bond acceptors (Lipinski definition) is 4. The Morgan fingerprint density at radius 1 is 1.21 bits per heavy atom. The van der Waals surface area contributed by atoms with Crippen molar-refractivity contribution in [1.82, 2.24) is 20.1 Å². The molecule has 0 bridgehead atoms. The maximum atomic E-state index is 13.2. The molecular formula is C26H25FN6O. The fourth-order valence-electron chi connectivity index (χ4n) is 4.66. The lowest BCUT2D eigenvalue weighted by Gasteiger charge is -2.10. The van der Waals surface area contributed by atoms with E-state index in [1.807, 2.05) is 18.2 Å². The molecule has 2 heterocycles. The summed E-state index contributed by atoms with van der Waals surface area (Å²) in [5.74, 6) is -0.262. The van der Waals surface area contributed by atoms with Crippen molar-refractivity contribution in [2.45, 2.75) is 38.5 Å². The molecule has 4 N–H and O–H groups in total. The predicted octanol–water partition coefficient (Wildman–Crippen LogP) is 4.19. The molecule has 8 heteroatoms. The summed E-state index contributed by atoms with van der Waals surface area (Å²) in [7, 11) is 0. The topological polar surface area (TPSA) is 113 Å². The fraction of sp³-hybridized carbons (Fsp3) is 0.269. The number of benzene rings is 2. The van der Waals surface area contributed by atoms with Gasteiger partial charge in [-0.15, -0.1) is 0 Å². The van der Waals surface area contributed by atoms with Gasteiger partial charge in [0.25, 0.3) is 5.91 Å². The third-order valence-electron chi connectivity index (χ3n) is 6.41. The van der Waals surface area contributed by atoms with Crippen molar-refractivity contribution in [1.29, 1.82) is 5.26 Å². The normalized spacial score (nSPS) is 12.9. The van der Waals surface area contributed by atoms with Gasteiger partial charge in [-0.1, -0.05) is 0 Å². The van der Waals surface area contributed by atoms with Crippen LogP contribution in [0.3, 0.4) is 0 Å². The Morgan fingerprint density at radius 3 is 2.79 bits per heavy atom. The minimum absolute atomic E-state index is 0.121. The van der Waals surface area contributed by atoms with E-state index in [-0.39, 0.29) is 17.5 Å². The first kappa shape index (κ1) is 21.7. The minimum atomic E-state index is -0.360. The van der Waals surface area contributed by atoms with Crippen molar-refractivity contribution in [3.8, 4) is 11.8 Å². The van der Waals surface area contributed by atoms with Crippen molar-refractivity contribution < 1.29 is 9.18 Å². The maximum absolute atomic E-state index is 13.2. The van der Waals surface area contributed by atoms with Gasteiger partial charge in [0.15, 0.2) is 0 Å². The number of nitrogens with zero attached hydrogens (tertiary/aromatic N) is 3. The first-order chi connectivity index (χ1) is 16.5. The number of anilines is 1. The molecule has 34 heavy (non-hydrogen) atoms. The van der Waals surface area contributed by atoms with E-state index >= 15 is 0 Å². The van der Waals surface area contributed by atoms with E-state index < -0.39 is 0 Å². The highest BCUT2D eigenvalue weighted by molar-refractivity contribution is 5.99. The van der Waals surface area contributed by atoms with Crippen LogP contribution in [0.25, 0.3) is 16.6 Å². The number of fused-ring (bicyclic) bond motifs is 3. The Kier molecular flexibility index (Phi) is 5.76. The maximum Gasteiger partial charge on any atom is 0.251 e. The molecule has 2 aromatic heterocycles. The van der Waals surface area contributed by atoms with E-state index in [9.17, 15) is 14.4 Å². The number of aromatic nitrogens is 3. The second-order valence-corrected chi connectivity index (χ2v) is 8.62. The van der Waals surface area contributed by atoms with E-state index in [4.69, 9.17) is 5.73 Å². The van der Waals surface area contributed by atoms with Crippen LogP contribution in [0.4, 0.5) is 10.2 Å². The van der Waals surface area contributed by atoms with Gasteiger partial charge in [-0.2, -0.15) is 10.4 Å². The smallest absolute Gasteiger partial charge is 0.251 e. The van der Waals surface area contributed by atoms with E-state index in [1.54, 1.807) is 12.1 Å². The third-order valence-corrected chi connectivity index (χ3v) is 6.41. The molecule has 172 valence electrons. The van der Waals surface area contributed by atoms with Crippen molar-refractivity contribution in [2.24, 2.45) is 0 Å². The molecule has 4 aromatic rings. The molecule has 0 atom stereocenters. The Morgan fingerprint density at radius 2 is 2.00 bits per heavy atom. The molecular weight excluding hydrogens is 431 g/mol. The molecule has 1 aliphatic rings. The zero-order valence-electron chi connectivity index (χ0n) is 18.7. The molecule has 7 nitrogen and oxygen atoms in total. The Labute approximate surface area is 196 Å². The molecule has 0 fully saturated rings. The fourth-order valence-corrected chi connectivity index (χ4v) is 4.66. The number of nitriles is 1.